The highest BCUT2D eigenvalue weighted by Gasteiger charge is 2.31. The van der Waals surface area contributed by atoms with Gasteiger partial charge in [-0.2, -0.15) is 0 Å². The number of hydrogen-bond donors (Lipinski definition) is 3. The van der Waals surface area contributed by atoms with Crippen LogP contribution in [0.1, 0.15) is 31.5 Å². The van der Waals surface area contributed by atoms with Gasteiger partial charge in [0, 0.05) is 22.5 Å². The number of fused-ring (bicyclic) bond motifs is 1. The number of nitrogens with zero attached hydrogens (tertiary/aromatic N) is 1. The molecule has 1 aliphatic heterocycles. The van der Waals surface area contributed by atoms with Crippen molar-refractivity contribution in [2.45, 2.75) is 30.6 Å². The summed E-state index contributed by atoms with van der Waals surface area (Å²) in [5.74, 6) is -1.20. The lowest BCUT2D eigenvalue weighted by atomic mass is 10.1. The molecule has 2 aromatic rings. The van der Waals surface area contributed by atoms with E-state index in [1.54, 1.807) is 0 Å². The molecule has 124 valence electrons. The number of aryl methyl sites for hydroxylation is 1. The van der Waals surface area contributed by atoms with Crippen LogP contribution in [-0.4, -0.2) is 31.0 Å². The molecule has 0 spiro atoms. The van der Waals surface area contributed by atoms with Crippen LogP contribution in [0.25, 0.3) is 0 Å². The Morgan fingerprint density at radius 2 is 2.30 bits per heavy atom. The predicted molar refractivity (Wildman–Crippen MR) is 87.6 cm³/mol. The summed E-state index contributed by atoms with van der Waals surface area (Å²) in [6.07, 6.45) is 0.522. The number of carboxylic acid groups (broad SMARTS) is 1. The average molecular weight is 373 g/mol. The standard InChI is InChI=1S/C13H15N3O4S3/c1-7-6-21-10(16-7)5-15-23(19,20)13-11(12(17)18)8-2-3-14-4-9(8)22-13/h6,14-15H,2-5H2,1H3,(H,17,18). The number of hydrogen-bond acceptors (Lipinski definition) is 7. The summed E-state index contributed by atoms with van der Waals surface area (Å²) in [5.41, 5.74) is 1.37. The van der Waals surface area contributed by atoms with Crippen molar-refractivity contribution < 1.29 is 18.3 Å². The Labute approximate surface area is 141 Å². The third-order valence-corrected chi connectivity index (χ3v) is 7.55. The quantitative estimate of drug-likeness (QED) is 0.730. The molecule has 0 unspecified atom stereocenters. The lowest BCUT2D eigenvalue weighted by molar-refractivity contribution is 0.0692. The van der Waals surface area contributed by atoms with Gasteiger partial charge in [-0.3, -0.25) is 0 Å². The van der Waals surface area contributed by atoms with Crippen LogP contribution < -0.4 is 10.0 Å². The van der Waals surface area contributed by atoms with E-state index in [-0.39, 0.29) is 16.3 Å². The third-order valence-electron chi connectivity index (χ3n) is 3.43. The van der Waals surface area contributed by atoms with E-state index in [4.69, 9.17) is 0 Å². The first-order chi connectivity index (χ1) is 10.9. The van der Waals surface area contributed by atoms with Gasteiger partial charge >= 0.3 is 5.97 Å². The zero-order chi connectivity index (χ0) is 16.6. The second kappa shape index (κ2) is 6.29. The molecule has 0 fully saturated rings. The van der Waals surface area contributed by atoms with Gasteiger partial charge in [0.25, 0.3) is 10.0 Å². The zero-order valence-electron chi connectivity index (χ0n) is 12.2. The van der Waals surface area contributed by atoms with E-state index in [1.165, 1.54) is 11.3 Å². The molecule has 3 N–H and O–H groups in total. The Morgan fingerprint density at radius 1 is 1.52 bits per heavy atom. The molecular formula is C13H15N3O4S3. The Balaban J connectivity index is 1.93. The van der Waals surface area contributed by atoms with E-state index < -0.39 is 16.0 Å². The monoisotopic (exact) mass is 373 g/mol. The molecule has 2 aromatic heterocycles. The Morgan fingerprint density at radius 3 is 2.96 bits per heavy atom. The second-order valence-electron chi connectivity index (χ2n) is 5.11. The van der Waals surface area contributed by atoms with E-state index >= 15 is 0 Å². The minimum absolute atomic E-state index is 0.0563. The summed E-state index contributed by atoms with van der Waals surface area (Å²) in [4.78, 5) is 16.5. The van der Waals surface area contributed by atoms with Gasteiger partial charge in [-0.15, -0.1) is 22.7 Å². The molecular weight excluding hydrogens is 358 g/mol. The van der Waals surface area contributed by atoms with Crippen molar-refractivity contribution in [2.75, 3.05) is 6.54 Å². The van der Waals surface area contributed by atoms with E-state index in [9.17, 15) is 18.3 Å². The molecule has 23 heavy (non-hydrogen) atoms. The largest absolute Gasteiger partial charge is 0.478 e. The number of aromatic carboxylic acids is 1. The average Bonchev–Trinajstić information content (AvgIpc) is 3.09. The Kier molecular flexibility index (Phi) is 4.52. The van der Waals surface area contributed by atoms with Crippen LogP contribution in [0.15, 0.2) is 9.59 Å². The summed E-state index contributed by atoms with van der Waals surface area (Å²) in [6.45, 7) is 3.04. The lowest BCUT2D eigenvalue weighted by Gasteiger charge is -2.12. The Bertz CT molecular complexity index is 854. The smallest absolute Gasteiger partial charge is 0.338 e. The highest BCUT2D eigenvalue weighted by atomic mass is 32.2. The fraction of sp³-hybridized carbons (Fsp3) is 0.385. The maximum atomic E-state index is 12.5. The summed E-state index contributed by atoms with van der Waals surface area (Å²) in [5, 5.41) is 15.1. The molecule has 0 amide bonds. The van der Waals surface area contributed by atoms with Crippen molar-refractivity contribution >= 4 is 38.7 Å². The van der Waals surface area contributed by atoms with E-state index in [1.807, 2.05) is 12.3 Å². The number of aromatic nitrogens is 1. The number of nitrogens with one attached hydrogen (secondary N) is 2. The molecule has 0 saturated heterocycles. The fourth-order valence-corrected chi connectivity index (χ4v) is 6.12. The van der Waals surface area contributed by atoms with Gasteiger partial charge in [0.15, 0.2) is 0 Å². The van der Waals surface area contributed by atoms with Crippen LogP contribution in [-0.2, 0) is 29.5 Å². The van der Waals surface area contributed by atoms with Crippen molar-refractivity contribution in [1.29, 1.82) is 0 Å². The van der Waals surface area contributed by atoms with Crippen LogP contribution in [0.4, 0.5) is 0 Å². The van der Waals surface area contributed by atoms with Crippen molar-refractivity contribution in [3.63, 3.8) is 0 Å². The number of rotatable bonds is 5. The highest BCUT2D eigenvalue weighted by Crippen LogP contribution is 2.34. The summed E-state index contributed by atoms with van der Waals surface area (Å²) in [7, 11) is -3.89. The maximum Gasteiger partial charge on any atom is 0.338 e. The molecule has 0 saturated carbocycles. The van der Waals surface area contributed by atoms with Crippen LogP contribution in [0.2, 0.25) is 0 Å². The molecule has 3 heterocycles. The molecule has 0 aromatic carbocycles. The van der Waals surface area contributed by atoms with Gasteiger partial charge in [-0.1, -0.05) is 0 Å². The van der Waals surface area contributed by atoms with Crippen molar-refractivity contribution in [3.8, 4) is 0 Å². The first kappa shape index (κ1) is 16.5. The van der Waals surface area contributed by atoms with E-state index in [0.29, 0.717) is 30.1 Å². The van der Waals surface area contributed by atoms with Crippen molar-refractivity contribution in [3.05, 3.63) is 32.1 Å². The number of carbonyl (C=O) groups is 1. The topological polar surface area (TPSA) is 108 Å². The molecule has 10 heteroatoms. The molecule has 7 nitrogen and oxygen atoms in total. The first-order valence-corrected chi connectivity index (χ1v) is 10.1. The molecule has 1 aliphatic rings. The minimum atomic E-state index is -3.89. The molecule has 0 aliphatic carbocycles. The third kappa shape index (κ3) is 3.31. The predicted octanol–water partition coefficient (Wildman–Crippen LogP) is 1.34. The maximum absolute atomic E-state index is 12.5. The molecule has 0 radical (unpaired) electrons. The zero-order valence-corrected chi connectivity index (χ0v) is 14.7. The SMILES string of the molecule is Cc1csc(CNS(=O)(=O)c2sc3c(c2C(=O)O)CCNC3)n1. The highest BCUT2D eigenvalue weighted by molar-refractivity contribution is 7.91. The van der Waals surface area contributed by atoms with E-state index in [0.717, 1.165) is 21.9 Å². The first-order valence-electron chi connectivity index (χ1n) is 6.87. The van der Waals surface area contributed by atoms with Crippen LogP contribution in [0.5, 0.6) is 0 Å². The lowest BCUT2D eigenvalue weighted by Crippen LogP contribution is -2.25. The number of thiophene rings is 1. The van der Waals surface area contributed by atoms with Crippen LogP contribution in [0.3, 0.4) is 0 Å². The van der Waals surface area contributed by atoms with Crippen molar-refractivity contribution in [2.24, 2.45) is 0 Å². The summed E-state index contributed by atoms with van der Waals surface area (Å²) in [6, 6.07) is 0. The molecule has 3 rings (SSSR count). The summed E-state index contributed by atoms with van der Waals surface area (Å²) < 4.78 is 27.4. The number of sulfonamides is 1. The fourth-order valence-electron chi connectivity index (χ4n) is 2.42. The van der Waals surface area contributed by atoms with Gasteiger partial charge in [0.05, 0.1) is 12.1 Å². The second-order valence-corrected chi connectivity index (χ2v) is 9.12. The van der Waals surface area contributed by atoms with Gasteiger partial charge < -0.3 is 10.4 Å². The Hall–Kier alpha value is -1.33. The summed E-state index contributed by atoms with van der Waals surface area (Å²) >= 11 is 2.39. The minimum Gasteiger partial charge on any atom is -0.478 e. The van der Waals surface area contributed by atoms with E-state index in [2.05, 4.69) is 15.0 Å². The van der Waals surface area contributed by atoms with Crippen LogP contribution in [0, 0.1) is 6.92 Å². The van der Waals surface area contributed by atoms with Crippen LogP contribution >= 0.6 is 22.7 Å². The van der Waals surface area contributed by atoms with Crippen molar-refractivity contribution in [1.82, 2.24) is 15.0 Å². The van der Waals surface area contributed by atoms with Gasteiger partial charge in [0.1, 0.15) is 9.22 Å². The number of thiazole rings is 1. The normalized spacial score (nSPS) is 14.7. The number of carboxylic acids is 1. The molecule has 0 atom stereocenters. The molecule has 0 bridgehead atoms. The van der Waals surface area contributed by atoms with Gasteiger partial charge in [0.2, 0.25) is 0 Å². The van der Waals surface area contributed by atoms with Gasteiger partial charge in [-0.05, 0) is 25.5 Å². The van der Waals surface area contributed by atoms with Gasteiger partial charge in [-0.25, -0.2) is 22.9 Å².